The molecule has 2 fully saturated rings. The molecule has 0 radical (unpaired) electrons. The van der Waals surface area contributed by atoms with Crippen molar-refractivity contribution in [3.63, 3.8) is 0 Å². The molecule has 4 N–H and O–H groups in total. The highest BCUT2D eigenvalue weighted by Crippen LogP contribution is 2.41. The molecule has 0 unspecified atom stereocenters. The zero-order chi connectivity index (χ0) is 26.9. The van der Waals surface area contributed by atoms with Gasteiger partial charge in [-0.3, -0.25) is 14.8 Å². The van der Waals surface area contributed by atoms with E-state index < -0.39 is 5.91 Å². The van der Waals surface area contributed by atoms with E-state index in [0.29, 0.717) is 24.1 Å². The van der Waals surface area contributed by atoms with Gasteiger partial charge >= 0.3 is 0 Å². The van der Waals surface area contributed by atoms with Gasteiger partial charge in [0.1, 0.15) is 0 Å². The van der Waals surface area contributed by atoms with E-state index in [9.17, 15) is 9.59 Å². The number of carbonyl (C=O) groups is 2. The number of rotatable bonds is 13. The highest BCUT2D eigenvalue weighted by Gasteiger charge is 2.38. The van der Waals surface area contributed by atoms with Gasteiger partial charge in [0, 0.05) is 36.2 Å². The number of hydrogen-bond donors (Lipinski definition) is 4. The van der Waals surface area contributed by atoms with Gasteiger partial charge in [0.2, 0.25) is 0 Å². The van der Waals surface area contributed by atoms with Crippen LogP contribution in [0.3, 0.4) is 0 Å². The third-order valence-corrected chi connectivity index (χ3v) is 7.87. The van der Waals surface area contributed by atoms with Gasteiger partial charge in [-0.2, -0.15) is 0 Å². The molecule has 0 bridgehead atoms. The van der Waals surface area contributed by atoms with E-state index in [2.05, 4.69) is 32.6 Å². The highest BCUT2D eigenvalue weighted by molar-refractivity contribution is 5.94. The van der Waals surface area contributed by atoms with Gasteiger partial charge in [0.15, 0.2) is 0 Å². The SMILES string of the molecule is CN(C)CCNC(=O)c1ccc([C@H]2C[C@@H]2NCC2CCN(CCCc3ccc(C(=O)NO)cc3)CC2)cc1. The van der Waals surface area contributed by atoms with Crippen LogP contribution in [0, 0.1) is 5.92 Å². The third kappa shape index (κ3) is 8.36. The van der Waals surface area contributed by atoms with Crippen LogP contribution in [0.2, 0.25) is 0 Å². The molecule has 2 aromatic carbocycles. The van der Waals surface area contributed by atoms with Crippen molar-refractivity contribution in [2.45, 2.75) is 44.1 Å². The van der Waals surface area contributed by atoms with Crippen LogP contribution in [0.4, 0.5) is 0 Å². The fraction of sp³-hybridized carbons (Fsp3) is 0.533. The van der Waals surface area contributed by atoms with Crippen molar-refractivity contribution >= 4 is 11.8 Å². The Morgan fingerprint density at radius 2 is 1.63 bits per heavy atom. The number of aryl methyl sites for hydroxylation is 1. The van der Waals surface area contributed by atoms with E-state index in [0.717, 1.165) is 57.0 Å². The number of hydrogen-bond acceptors (Lipinski definition) is 6. The molecule has 2 amide bonds. The first-order chi connectivity index (χ1) is 18.4. The molecule has 38 heavy (non-hydrogen) atoms. The summed E-state index contributed by atoms with van der Waals surface area (Å²) in [4.78, 5) is 28.3. The van der Waals surface area contributed by atoms with E-state index in [4.69, 9.17) is 5.21 Å². The van der Waals surface area contributed by atoms with Gasteiger partial charge in [-0.05, 0) is 114 Å². The Morgan fingerprint density at radius 1 is 0.974 bits per heavy atom. The lowest BCUT2D eigenvalue weighted by Gasteiger charge is -2.32. The second-order valence-corrected chi connectivity index (χ2v) is 11.1. The molecule has 0 aromatic heterocycles. The van der Waals surface area contributed by atoms with Crippen LogP contribution in [0.1, 0.15) is 63.4 Å². The maximum absolute atomic E-state index is 12.3. The molecule has 1 aliphatic heterocycles. The second-order valence-electron chi connectivity index (χ2n) is 11.1. The molecule has 2 atom stereocenters. The first kappa shape index (κ1) is 28.2. The molecule has 0 spiro atoms. The van der Waals surface area contributed by atoms with Crippen LogP contribution in [-0.4, -0.2) is 86.2 Å². The first-order valence-electron chi connectivity index (χ1n) is 13.9. The summed E-state index contributed by atoms with van der Waals surface area (Å²) in [5, 5.41) is 15.5. The summed E-state index contributed by atoms with van der Waals surface area (Å²) in [5.41, 5.74) is 5.41. The lowest BCUT2D eigenvalue weighted by molar-refractivity contribution is 0.0706. The molecule has 2 aliphatic rings. The first-order valence-corrected chi connectivity index (χ1v) is 13.9. The lowest BCUT2D eigenvalue weighted by Crippen LogP contribution is -2.38. The number of nitrogens with zero attached hydrogens (tertiary/aromatic N) is 2. The number of likely N-dealkylation sites (N-methyl/N-ethyl adjacent to an activating group) is 1. The number of carbonyl (C=O) groups excluding carboxylic acids is 2. The zero-order valence-electron chi connectivity index (χ0n) is 22.8. The lowest BCUT2D eigenvalue weighted by atomic mass is 9.96. The summed E-state index contributed by atoms with van der Waals surface area (Å²) in [6.07, 6.45) is 5.77. The molecular weight excluding hydrogens is 478 g/mol. The van der Waals surface area contributed by atoms with Gasteiger partial charge in [0.25, 0.3) is 11.8 Å². The molecule has 8 heteroatoms. The summed E-state index contributed by atoms with van der Waals surface area (Å²) in [6.45, 7) is 6.01. The van der Waals surface area contributed by atoms with Crippen molar-refractivity contribution in [1.82, 2.24) is 25.9 Å². The van der Waals surface area contributed by atoms with E-state index >= 15 is 0 Å². The molecule has 8 nitrogen and oxygen atoms in total. The average molecular weight is 522 g/mol. The Bertz CT molecular complexity index is 1030. The average Bonchev–Trinajstić information content (AvgIpc) is 3.72. The predicted octanol–water partition coefficient (Wildman–Crippen LogP) is 2.89. The molecule has 1 saturated heterocycles. The van der Waals surface area contributed by atoms with E-state index in [1.165, 1.54) is 30.4 Å². The highest BCUT2D eigenvalue weighted by atomic mass is 16.5. The van der Waals surface area contributed by atoms with Gasteiger partial charge < -0.3 is 20.4 Å². The fourth-order valence-electron chi connectivity index (χ4n) is 5.29. The van der Waals surface area contributed by atoms with Gasteiger partial charge in [-0.15, -0.1) is 0 Å². The molecule has 1 saturated carbocycles. The Hall–Kier alpha value is -2.78. The van der Waals surface area contributed by atoms with Crippen molar-refractivity contribution < 1.29 is 14.8 Å². The van der Waals surface area contributed by atoms with Gasteiger partial charge in [-0.25, -0.2) is 5.48 Å². The summed E-state index contributed by atoms with van der Waals surface area (Å²) in [7, 11) is 4.00. The summed E-state index contributed by atoms with van der Waals surface area (Å²) >= 11 is 0. The van der Waals surface area contributed by atoms with E-state index in [-0.39, 0.29) is 5.91 Å². The molecule has 2 aromatic rings. The molecular formula is C30H43N5O3. The van der Waals surface area contributed by atoms with Crippen LogP contribution in [0.5, 0.6) is 0 Å². The van der Waals surface area contributed by atoms with Crippen molar-refractivity contribution in [1.29, 1.82) is 0 Å². The largest absolute Gasteiger partial charge is 0.351 e. The van der Waals surface area contributed by atoms with Crippen molar-refractivity contribution in [2.24, 2.45) is 5.92 Å². The second kappa shape index (κ2) is 13.8. The maximum Gasteiger partial charge on any atom is 0.274 e. The molecule has 4 rings (SSSR count). The number of piperidine rings is 1. The van der Waals surface area contributed by atoms with Crippen LogP contribution >= 0.6 is 0 Å². The van der Waals surface area contributed by atoms with Crippen LogP contribution in [-0.2, 0) is 6.42 Å². The summed E-state index contributed by atoms with van der Waals surface area (Å²) in [5.74, 6) is 0.829. The minimum Gasteiger partial charge on any atom is -0.351 e. The van der Waals surface area contributed by atoms with Crippen molar-refractivity contribution in [2.75, 3.05) is 53.4 Å². The van der Waals surface area contributed by atoms with Crippen LogP contribution < -0.4 is 16.1 Å². The minimum absolute atomic E-state index is 0.00132. The number of nitrogens with one attached hydrogen (secondary N) is 3. The fourth-order valence-corrected chi connectivity index (χ4v) is 5.29. The van der Waals surface area contributed by atoms with E-state index in [1.54, 1.807) is 17.6 Å². The van der Waals surface area contributed by atoms with Crippen molar-refractivity contribution in [3.05, 3.63) is 70.8 Å². The molecule has 1 heterocycles. The summed E-state index contributed by atoms with van der Waals surface area (Å²) in [6, 6.07) is 16.1. The number of likely N-dealkylation sites (tertiary alicyclic amines) is 1. The monoisotopic (exact) mass is 521 g/mol. The maximum atomic E-state index is 12.3. The smallest absolute Gasteiger partial charge is 0.274 e. The standard InChI is InChI=1S/C30H43N5O3/c1-34(2)19-15-31-29(36)25-11-9-24(10-12-25)27-20-28(27)32-21-23-13-17-35(18-14-23)16-3-4-22-5-7-26(8-6-22)30(37)33-38/h5-12,23,27-28,32,38H,3-4,13-21H2,1-2H3,(H,31,36)(H,33,37)/t27-,28+/m1/s1. The molecule has 206 valence electrons. The predicted molar refractivity (Wildman–Crippen MR) is 150 cm³/mol. The normalized spacial score (nSPS) is 19.9. The Morgan fingerprint density at radius 3 is 2.29 bits per heavy atom. The Labute approximate surface area is 226 Å². The number of benzene rings is 2. The number of amides is 2. The van der Waals surface area contributed by atoms with Crippen molar-refractivity contribution in [3.8, 4) is 0 Å². The Balaban J connectivity index is 1.08. The summed E-state index contributed by atoms with van der Waals surface area (Å²) < 4.78 is 0. The Kier molecular flexibility index (Phi) is 10.3. The molecule has 1 aliphatic carbocycles. The van der Waals surface area contributed by atoms with E-state index in [1.807, 2.05) is 38.4 Å². The van der Waals surface area contributed by atoms with Gasteiger partial charge in [-0.1, -0.05) is 24.3 Å². The third-order valence-electron chi connectivity index (χ3n) is 7.87. The topological polar surface area (TPSA) is 96.9 Å². The van der Waals surface area contributed by atoms with Crippen LogP contribution in [0.25, 0.3) is 0 Å². The number of hydroxylamine groups is 1. The quantitative estimate of drug-likeness (QED) is 0.239. The van der Waals surface area contributed by atoms with Gasteiger partial charge in [0.05, 0.1) is 0 Å². The zero-order valence-corrected chi connectivity index (χ0v) is 22.8. The van der Waals surface area contributed by atoms with Crippen LogP contribution in [0.15, 0.2) is 48.5 Å². The minimum atomic E-state index is -0.475.